The second kappa shape index (κ2) is 3.37. The topological polar surface area (TPSA) is 82.2 Å². The summed E-state index contributed by atoms with van der Waals surface area (Å²) in [6.07, 6.45) is 2.08. The molecular formula is C9H12N2O3S. The minimum absolute atomic E-state index is 0.0381. The molecule has 2 rings (SSSR count). The van der Waals surface area contributed by atoms with Gasteiger partial charge in [0.1, 0.15) is 0 Å². The average Bonchev–Trinajstić information content (AvgIpc) is 2.51. The summed E-state index contributed by atoms with van der Waals surface area (Å²) in [4.78, 5) is 11.6. The molecule has 0 spiro atoms. The molecule has 0 aromatic carbocycles. The first-order chi connectivity index (χ1) is 6.99. The Morgan fingerprint density at radius 1 is 1.47 bits per heavy atom. The molecule has 1 aliphatic heterocycles. The molecule has 0 aliphatic carbocycles. The number of nitrogens with zero attached hydrogens (tertiary/aromatic N) is 1. The predicted octanol–water partition coefficient (Wildman–Crippen LogP) is -0.210. The van der Waals surface area contributed by atoms with E-state index in [9.17, 15) is 13.2 Å². The Kier molecular flexibility index (Phi) is 2.30. The summed E-state index contributed by atoms with van der Waals surface area (Å²) in [6, 6.07) is 2.91. The van der Waals surface area contributed by atoms with Crippen molar-refractivity contribution in [2.75, 3.05) is 17.2 Å². The molecule has 0 radical (unpaired) electrons. The van der Waals surface area contributed by atoms with E-state index in [0.717, 1.165) is 0 Å². The van der Waals surface area contributed by atoms with Crippen LogP contribution in [0.25, 0.3) is 0 Å². The summed E-state index contributed by atoms with van der Waals surface area (Å²) >= 11 is 0. The van der Waals surface area contributed by atoms with Crippen LogP contribution in [0.5, 0.6) is 0 Å². The highest BCUT2D eigenvalue weighted by Gasteiger charge is 2.29. The summed E-state index contributed by atoms with van der Waals surface area (Å²) in [5.74, 6) is 0.190. The van der Waals surface area contributed by atoms with Crippen LogP contribution in [0.3, 0.4) is 0 Å². The van der Waals surface area contributed by atoms with Crippen LogP contribution >= 0.6 is 0 Å². The summed E-state index contributed by atoms with van der Waals surface area (Å²) < 4.78 is 23.9. The SMILES string of the molecule is Nc1cccn(C2CCS(=O)(=O)C2)c1=O. The highest BCUT2D eigenvalue weighted by Crippen LogP contribution is 2.21. The number of nitrogen functional groups attached to an aromatic ring is 1. The van der Waals surface area contributed by atoms with E-state index in [1.165, 1.54) is 10.6 Å². The van der Waals surface area contributed by atoms with Gasteiger partial charge in [-0.15, -0.1) is 0 Å². The molecule has 15 heavy (non-hydrogen) atoms. The largest absolute Gasteiger partial charge is 0.394 e. The Balaban J connectivity index is 2.40. The van der Waals surface area contributed by atoms with Gasteiger partial charge in [0, 0.05) is 6.20 Å². The molecular weight excluding hydrogens is 216 g/mol. The van der Waals surface area contributed by atoms with E-state index >= 15 is 0 Å². The van der Waals surface area contributed by atoms with Gasteiger partial charge in [0.05, 0.1) is 23.2 Å². The van der Waals surface area contributed by atoms with E-state index in [2.05, 4.69) is 0 Å². The molecule has 0 saturated carbocycles. The molecule has 0 amide bonds. The van der Waals surface area contributed by atoms with Crippen molar-refractivity contribution in [3.05, 3.63) is 28.7 Å². The number of nitrogens with two attached hydrogens (primary N) is 1. The fourth-order valence-corrected chi connectivity index (χ4v) is 3.52. The first kappa shape index (κ1) is 10.2. The molecule has 5 nitrogen and oxygen atoms in total. The average molecular weight is 228 g/mol. The van der Waals surface area contributed by atoms with E-state index in [4.69, 9.17) is 5.73 Å². The van der Waals surface area contributed by atoms with E-state index in [-0.39, 0.29) is 28.8 Å². The Hall–Kier alpha value is -1.30. The Bertz CT molecular complexity index is 533. The van der Waals surface area contributed by atoms with Crippen molar-refractivity contribution in [2.45, 2.75) is 12.5 Å². The number of hydrogen-bond donors (Lipinski definition) is 1. The third-order valence-electron chi connectivity index (χ3n) is 2.61. The van der Waals surface area contributed by atoms with Crippen molar-refractivity contribution in [1.82, 2.24) is 4.57 Å². The molecule has 2 N–H and O–H groups in total. The minimum Gasteiger partial charge on any atom is -0.394 e. The molecule has 1 saturated heterocycles. The normalized spacial score (nSPS) is 24.1. The number of pyridine rings is 1. The standard InChI is InChI=1S/C9H12N2O3S/c10-8-2-1-4-11(9(8)12)7-3-5-15(13,14)6-7/h1-2,4,7H,3,5-6,10H2. The lowest BCUT2D eigenvalue weighted by Crippen LogP contribution is -2.26. The molecule has 82 valence electrons. The van der Waals surface area contributed by atoms with Gasteiger partial charge in [-0.05, 0) is 18.6 Å². The van der Waals surface area contributed by atoms with Gasteiger partial charge in [0.25, 0.3) is 5.56 Å². The van der Waals surface area contributed by atoms with Crippen LogP contribution in [0, 0.1) is 0 Å². The third kappa shape index (κ3) is 1.90. The summed E-state index contributed by atoms with van der Waals surface area (Å²) in [6.45, 7) is 0. The van der Waals surface area contributed by atoms with Crippen LogP contribution in [-0.4, -0.2) is 24.5 Å². The van der Waals surface area contributed by atoms with E-state index in [1.807, 2.05) is 0 Å². The fourth-order valence-electron chi connectivity index (χ4n) is 1.81. The summed E-state index contributed by atoms with van der Waals surface area (Å²) in [7, 11) is -2.97. The molecule has 2 heterocycles. The van der Waals surface area contributed by atoms with Gasteiger partial charge < -0.3 is 10.3 Å². The molecule has 6 heteroatoms. The molecule has 1 fully saturated rings. The van der Waals surface area contributed by atoms with Gasteiger partial charge in [-0.1, -0.05) is 0 Å². The maximum Gasteiger partial charge on any atom is 0.273 e. The van der Waals surface area contributed by atoms with Gasteiger partial charge in [-0.3, -0.25) is 4.79 Å². The van der Waals surface area contributed by atoms with Crippen molar-refractivity contribution < 1.29 is 8.42 Å². The zero-order valence-electron chi connectivity index (χ0n) is 8.09. The van der Waals surface area contributed by atoms with Gasteiger partial charge >= 0.3 is 0 Å². The Labute approximate surface area is 87.4 Å². The smallest absolute Gasteiger partial charge is 0.273 e. The molecule has 1 aliphatic rings. The zero-order valence-corrected chi connectivity index (χ0v) is 8.90. The number of rotatable bonds is 1. The van der Waals surface area contributed by atoms with Crippen LogP contribution < -0.4 is 11.3 Å². The second-order valence-corrected chi connectivity index (χ2v) is 5.96. The quantitative estimate of drug-likeness (QED) is 0.721. The maximum absolute atomic E-state index is 11.6. The lowest BCUT2D eigenvalue weighted by atomic mass is 10.2. The predicted molar refractivity (Wildman–Crippen MR) is 57.4 cm³/mol. The Morgan fingerprint density at radius 2 is 2.20 bits per heavy atom. The summed E-state index contributed by atoms with van der Waals surface area (Å²) in [5.41, 5.74) is 5.32. The van der Waals surface area contributed by atoms with E-state index in [0.29, 0.717) is 6.42 Å². The van der Waals surface area contributed by atoms with Crippen LogP contribution in [-0.2, 0) is 9.84 Å². The molecule has 1 unspecified atom stereocenters. The van der Waals surface area contributed by atoms with Crippen molar-refractivity contribution in [2.24, 2.45) is 0 Å². The second-order valence-electron chi connectivity index (χ2n) is 3.73. The van der Waals surface area contributed by atoms with Crippen molar-refractivity contribution in [3.8, 4) is 0 Å². The van der Waals surface area contributed by atoms with Crippen LogP contribution in [0.2, 0.25) is 0 Å². The van der Waals surface area contributed by atoms with Crippen LogP contribution in [0.1, 0.15) is 12.5 Å². The number of hydrogen-bond acceptors (Lipinski definition) is 4. The number of aromatic nitrogens is 1. The molecule has 1 atom stereocenters. The monoisotopic (exact) mass is 228 g/mol. The van der Waals surface area contributed by atoms with E-state index < -0.39 is 9.84 Å². The lowest BCUT2D eigenvalue weighted by Gasteiger charge is -2.11. The van der Waals surface area contributed by atoms with Gasteiger partial charge in [-0.2, -0.15) is 0 Å². The minimum atomic E-state index is -2.97. The number of anilines is 1. The lowest BCUT2D eigenvalue weighted by molar-refractivity contribution is 0.539. The van der Waals surface area contributed by atoms with Gasteiger partial charge in [0.15, 0.2) is 9.84 Å². The molecule has 1 aromatic heterocycles. The first-order valence-corrected chi connectivity index (χ1v) is 6.49. The summed E-state index contributed by atoms with van der Waals surface area (Å²) in [5, 5.41) is 0. The van der Waals surface area contributed by atoms with E-state index in [1.54, 1.807) is 12.3 Å². The number of sulfone groups is 1. The van der Waals surface area contributed by atoms with Crippen LogP contribution in [0.4, 0.5) is 5.69 Å². The van der Waals surface area contributed by atoms with Gasteiger partial charge in [-0.25, -0.2) is 8.42 Å². The highest BCUT2D eigenvalue weighted by molar-refractivity contribution is 7.91. The Morgan fingerprint density at radius 3 is 2.80 bits per heavy atom. The van der Waals surface area contributed by atoms with Crippen molar-refractivity contribution in [1.29, 1.82) is 0 Å². The van der Waals surface area contributed by atoms with Gasteiger partial charge in [0.2, 0.25) is 0 Å². The highest BCUT2D eigenvalue weighted by atomic mass is 32.2. The van der Waals surface area contributed by atoms with Crippen molar-refractivity contribution in [3.63, 3.8) is 0 Å². The van der Waals surface area contributed by atoms with Crippen LogP contribution in [0.15, 0.2) is 23.1 Å². The third-order valence-corrected chi connectivity index (χ3v) is 4.36. The zero-order chi connectivity index (χ0) is 11.1. The first-order valence-electron chi connectivity index (χ1n) is 4.67. The fraction of sp³-hybridized carbons (Fsp3) is 0.444. The van der Waals surface area contributed by atoms with Crippen molar-refractivity contribution >= 4 is 15.5 Å². The molecule has 1 aromatic rings. The molecule has 0 bridgehead atoms. The maximum atomic E-state index is 11.6.